The molecule has 7 aliphatic carbocycles. The van der Waals surface area contributed by atoms with E-state index in [9.17, 15) is 4.79 Å². The monoisotopic (exact) mass is 214 g/mol. The molecule has 16 heavy (non-hydrogen) atoms. The minimum absolute atomic E-state index is 0.0383. The normalized spacial score (nSPS) is 72.7. The maximum Gasteiger partial charge on any atom is 0.333 e. The summed E-state index contributed by atoms with van der Waals surface area (Å²) >= 11 is 0. The van der Waals surface area contributed by atoms with Crippen LogP contribution in [0.15, 0.2) is 11.6 Å². The predicted molar refractivity (Wildman–Crippen MR) is 55.1 cm³/mol. The van der Waals surface area contributed by atoms with Crippen LogP contribution in [-0.4, -0.2) is 13.1 Å². The number of allylic oxidation sites excluding steroid dienone is 1. The molecule has 0 heterocycles. The summed E-state index contributed by atoms with van der Waals surface area (Å²) < 4.78 is 4.95. The van der Waals surface area contributed by atoms with Crippen LogP contribution in [0, 0.1) is 46.3 Å². The van der Waals surface area contributed by atoms with Crippen LogP contribution in [-0.2, 0) is 9.53 Å². The SMILES string of the molecule is COC(=O)C1=C[C@H]2C[C@H]1[C@@]13[C@H]4[C@H]5[C@H](C[C@@H]41)[C@]523. The molecule has 7 aliphatic rings. The van der Waals surface area contributed by atoms with Gasteiger partial charge in [0.05, 0.1) is 7.11 Å². The number of hydrogen-bond donors (Lipinski definition) is 0. The Morgan fingerprint density at radius 1 is 1.31 bits per heavy atom. The number of ether oxygens (including phenoxy) is 1. The van der Waals surface area contributed by atoms with Gasteiger partial charge in [-0.05, 0) is 59.2 Å². The van der Waals surface area contributed by atoms with Gasteiger partial charge in [-0.3, -0.25) is 0 Å². The molecule has 0 amide bonds. The van der Waals surface area contributed by atoms with Gasteiger partial charge in [-0.2, -0.15) is 0 Å². The van der Waals surface area contributed by atoms with E-state index in [2.05, 4.69) is 6.08 Å². The van der Waals surface area contributed by atoms with Crippen LogP contribution < -0.4 is 0 Å². The fraction of sp³-hybridized carbons (Fsp3) is 0.786. The van der Waals surface area contributed by atoms with Crippen molar-refractivity contribution in [3.8, 4) is 0 Å². The minimum Gasteiger partial charge on any atom is -0.466 e. The van der Waals surface area contributed by atoms with Gasteiger partial charge in [0.1, 0.15) is 0 Å². The van der Waals surface area contributed by atoms with Crippen LogP contribution in [0.5, 0.6) is 0 Å². The lowest BCUT2D eigenvalue weighted by Crippen LogP contribution is -2.38. The van der Waals surface area contributed by atoms with Crippen molar-refractivity contribution in [3.05, 3.63) is 11.6 Å². The predicted octanol–water partition coefficient (Wildman–Crippen LogP) is 1.62. The van der Waals surface area contributed by atoms with Crippen LogP contribution in [0.3, 0.4) is 0 Å². The van der Waals surface area contributed by atoms with E-state index in [0.29, 0.717) is 11.3 Å². The molecule has 2 spiro atoms. The second-order valence-corrected chi connectivity index (χ2v) is 6.87. The number of carbonyl (C=O) groups is 1. The third kappa shape index (κ3) is 0.358. The average Bonchev–Trinajstić information content (AvgIpc) is 2.78. The highest BCUT2D eigenvalue weighted by atomic mass is 16.5. The lowest BCUT2D eigenvalue weighted by molar-refractivity contribution is -0.137. The van der Waals surface area contributed by atoms with Crippen LogP contribution in [0.1, 0.15) is 12.8 Å². The number of methoxy groups -OCH3 is 1. The summed E-state index contributed by atoms with van der Waals surface area (Å²) in [5, 5.41) is 0. The molecule has 82 valence electrons. The first kappa shape index (κ1) is 7.52. The Kier molecular flexibility index (Phi) is 0.758. The van der Waals surface area contributed by atoms with Gasteiger partial charge in [-0.1, -0.05) is 6.08 Å². The van der Waals surface area contributed by atoms with Gasteiger partial charge < -0.3 is 4.74 Å². The van der Waals surface area contributed by atoms with Crippen molar-refractivity contribution in [2.75, 3.05) is 7.11 Å². The molecule has 0 aliphatic heterocycles. The Morgan fingerprint density at radius 3 is 2.75 bits per heavy atom. The summed E-state index contributed by atoms with van der Waals surface area (Å²) in [4.78, 5) is 11.8. The van der Waals surface area contributed by atoms with E-state index < -0.39 is 0 Å². The summed E-state index contributed by atoms with van der Waals surface area (Å²) in [6.07, 6.45) is 5.08. The van der Waals surface area contributed by atoms with Crippen molar-refractivity contribution in [1.29, 1.82) is 0 Å². The molecule has 6 saturated carbocycles. The number of esters is 1. The van der Waals surface area contributed by atoms with Crippen molar-refractivity contribution in [3.63, 3.8) is 0 Å². The second-order valence-electron chi connectivity index (χ2n) is 6.87. The highest BCUT2D eigenvalue weighted by Crippen LogP contribution is 3.11. The topological polar surface area (TPSA) is 26.3 Å². The van der Waals surface area contributed by atoms with Gasteiger partial charge in [0.25, 0.3) is 0 Å². The molecule has 6 fully saturated rings. The molecule has 7 rings (SSSR count). The fourth-order valence-corrected chi connectivity index (χ4v) is 7.73. The highest BCUT2D eigenvalue weighted by molar-refractivity contribution is 5.91. The van der Waals surface area contributed by atoms with Gasteiger partial charge in [0.15, 0.2) is 0 Å². The fourth-order valence-electron chi connectivity index (χ4n) is 7.73. The molecule has 0 N–H and O–H groups in total. The molecule has 0 radical (unpaired) electrons. The van der Waals surface area contributed by atoms with E-state index in [-0.39, 0.29) is 5.97 Å². The first-order valence-electron chi connectivity index (χ1n) is 6.59. The lowest BCUT2D eigenvalue weighted by Gasteiger charge is -2.39. The van der Waals surface area contributed by atoms with E-state index in [4.69, 9.17) is 4.74 Å². The lowest BCUT2D eigenvalue weighted by atomic mass is 9.64. The average molecular weight is 214 g/mol. The van der Waals surface area contributed by atoms with Crippen molar-refractivity contribution >= 4 is 5.97 Å². The minimum atomic E-state index is -0.0383. The highest BCUT2D eigenvalue weighted by Gasteiger charge is 3.08. The maximum atomic E-state index is 11.8. The van der Waals surface area contributed by atoms with Crippen molar-refractivity contribution in [2.24, 2.45) is 46.3 Å². The summed E-state index contributed by atoms with van der Waals surface area (Å²) in [5.74, 6) is 5.56. The second kappa shape index (κ2) is 1.61. The molecule has 0 unspecified atom stereocenters. The zero-order valence-electron chi connectivity index (χ0n) is 9.27. The zero-order chi connectivity index (χ0) is 10.4. The molecule has 0 aromatic carbocycles. The molecule has 8 atom stereocenters. The smallest absolute Gasteiger partial charge is 0.333 e. The van der Waals surface area contributed by atoms with Crippen molar-refractivity contribution in [1.82, 2.24) is 0 Å². The Morgan fingerprint density at radius 2 is 2.06 bits per heavy atom. The number of rotatable bonds is 1. The molecule has 4 bridgehead atoms. The third-order valence-electron chi connectivity index (χ3n) is 7.48. The Labute approximate surface area is 94.0 Å². The molecule has 2 heteroatoms. The van der Waals surface area contributed by atoms with Gasteiger partial charge >= 0.3 is 5.97 Å². The van der Waals surface area contributed by atoms with E-state index in [1.165, 1.54) is 20.0 Å². The summed E-state index contributed by atoms with van der Waals surface area (Å²) in [5.41, 5.74) is 2.44. The number of carbonyl (C=O) groups excluding carboxylic acids is 1. The Hall–Kier alpha value is -0.790. The number of fused-ring (bicyclic) bond motifs is 2. The standard InChI is InChI=1S/C14H14O2/c1-16-12(15)6-2-5-3-7(6)14-9-4-8-10(11(9)14)13(5,8)14/h2,5,7-11H,3-4H2,1H3/t5-,7+,8-,9-,10+,11+,13-,14-/m0/s1. The Balaban J connectivity index is 1.57. The molecule has 0 saturated heterocycles. The van der Waals surface area contributed by atoms with Gasteiger partial charge in [-0.25, -0.2) is 4.79 Å². The van der Waals surface area contributed by atoms with E-state index in [0.717, 1.165) is 40.6 Å². The van der Waals surface area contributed by atoms with E-state index in [1.54, 1.807) is 0 Å². The summed E-state index contributed by atoms with van der Waals surface area (Å²) in [7, 11) is 1.52. The molecule has 0 aromatic rings. The van der Waals surface area contributed by atoms with Crippen LogP contribution in [0.2, 0.25) is 0 Å². The van der Waals surface area contributed by atoms with Crippen LogP contribution in [0.25, 0.3) is 0 Å². The maximum absolute atomic E-state index is 11.8. The quantitative estimate of drug-likeness (QED) is 0.620. The van der Waals surface area contributed by atoms with Crippen molar-refractivity contribution < 1.29 is 9.53 Å². The van der Waals surface area contributed by atoms with Crippen LogP contribution in [0.4, 0.5) is 0 Å². The largest absolute Gasteiger partial charge is 0.466 e. The van der Waals surface area contributed by atoms with E-state index >= 15 is 0 Å². The third-order valence-corrected chi connectivity index (χ3v) is 7.48. The first-order valence-corrected chi connectivity index (χ1v) is 6.59. The van der Waals surface area contributed by atoms with Gasteiger partial charge in [-0.15, -0.1) is 0 Å². The molecule has 2 nitrogen and oxygen atoms in total. The summed E-state index contributed by atoms with van der Waals surface area (Å²) in [6, 6.07) is 0. The molecular weight excluding hydrogens is 200 g/mol. The van der Waals surface area contributed by atoms with Gasteiger partial charge in [0, 0.05) is 5.57 Å². The zero-order valence-corrected chi connectivity index (χ0v) is 9.27. The van der Waals surface area contributed by atoms with Crippen molar-refractivity contribution in [2.45, 2.75) is 12.8 Å². The first-order chi connectivity index (χ1) is 7.79. The van der Waals surface area contributed by atoms with Gasteiger partial charge in [0.2, 0.25) is 0 Å². The van der Waals surface area contributed by atoms with E-state index in [1.807, 2.05) is 0 Å². The summed E-state index contributed by atoms with van der Waals surface area (Å²) in [6.45, 7) is 0. The number of hydrogen-bond acceptors (Lipinski definition) is 2. The molecule has 0 aromatic heterocycles. The Bertz CT molecular complexity index is 509. The molecular formula is C14H14O2. The van der Waals surface area contributed by atoms with Crippen LogP contribution >= 0.6 is 0 Å².